The van der Waals surface area contributed by atoms with Crippen LogP contribution in [0.25, 0.3) is 32.9 Å². The summed E-state index contributed by atoms with van der Waals surface area (Å²) in [5.74, 6) is 2.13. The Balaban J connectivity index is 1.18. The molecule has 7 aromatic carbocycles. The van der Waals surface area contributed by atoms with Gasteiger partial charge in [-0.05, 0) is 72.1 Å². The van der Waals surface area contributed by atoms with Crippen LogP contribution in [-0.4, -0.2) is 9.97 Å². The molecule has 10 rings (SSSR count). The summed E-state index contributed by atoms with van der Waals surface area (Å²) in [7, 11) is 0. The Kier molecular flexibility index (Phi) is 6.04. The number of hydrogen-bond donors (Lipinski definition) is 0. The Morgan fingerprint density at radius 3 is 1.73 bits per heavy atom. The molecule has 8 aromatic rings. The number of hydrogen-bond acceptors (Lipinski definition) is 6. The van der Waals surface area contributed by atoms with Crippen LogP contribution in [0.4, 0.5) is 34.4 Å². The second-order valence-corrected chi connectivity index (χ2v) is 12.9. The molecule has 1 aromatic heterocycles. The second-order valence-electron chi connectivity index (χ2n) is 11.8. The third-order valence-corrected chi connectivity index (χ3v) is 10.2. The topological polar surface area (TPSA) is 41.5 Å². The summed E-state index contributed by atoms with van der Waals surface area (Å²) in [5.41, 5.74) is 8.07. The first kappa shape index (κ1) is 27.0. The number of para-hydroxylation sites is 6. The summed E-state index contributed by atoms with van der Waals surface area (Å²) in [6.45, 7) is 0. The van der Waals surface area contributed by atoms with Crippen molar-refractivity contribution in [3.05, 3.63) is 158 Å². The van der Waals surface area contributed by atoms with Crippen molar-refractivity contribution < 1.29 is 4.74 Å². The third kappa shape index (κ3) is 4.20. The normalized spacial score (nSPS) is 13.0. The van der Waals surface area contributed by atoms with Gasteiger partial charge in [0.25, 0.3) is 0 Å². The number of aromatic nitrogens is 2. The standard InChI is InChI=1S/C42H26N4OS/c1-2-12-30-27(11-1)23-26-31-40(43-42(44-41(30)31)46-32-13-3-7-17-36(32)47-37-18-8-4-14-33(37)46)28-21-24-29(25-22-28)45-34-15-5-9-19-38(34)48-39-20-10-6-16-35(39)45/h1-26H. The molecule has 0 aliphatic carbocycles. The number of nitrogens with zero attached hydrogens (tertiary/aromatic N) is 4. The first-order valence-corrected chi connectivity index (χ1v) is 16.7. The highest BCUT2D eigenvalue weighted by Crippen LogP contribution is 2.52. The fraction of sp³-hybridized carbons (Fsp3) is 0. The lowest BCUT2D eigenvalue weighted by Gasteiger charge is -2.33. The SMILES string of the molecule is c1ccc2c(c1)Oc1ccccc1N2c1nc(-c2ccc(N3c4ccccc4Sc4ccccc43)cc2)c2ccc3ccccc3c2n1. The van der Waals surface area contributed by atoms with Crippen molar-refractivity contribution in [3.8, 4) is 22.8 Å². The zero-order chi connectivity index (χ0) is 31.6. The van der Waals surface area contributed by atoms with Crippen LogP contribution in [0, 0.1) is 0 Å². The van der Waals surface area contributed by atoms with Crippen LogP contribution in [-0.2, 0) is 0 Å². The zero-order valence-corrected chi connectivity index (χ0v) is 26.4. The van der Waals surface area contributed by atoms with E-state index in [9.17, 15) is 0 Å². The van der Waals surface area contributed by atoms with Crippen LogP contribution >= 0.6 is 11.8 Å². The van der Waals surface area contributed by atoms with Gasteiger partial charge in [0, 0.05) is 31.8 Å². The lowest BCUT2D eigenvalue weighted by Crippen LogP contribution is -2.18. The van der Waals surface area contributed by atoms with E-state index < -0.39 is 0 Å². The Labute approximate surface area is 281 Å². The summed E-state index contributed by atoms with van der Waals surface area (Å²) < 4.78 is 6.32. The van der Waals surface area contributed by atoms with E-state index in [1.165, 1.54) is 21.2 Å². The fourth-order valence-electron chi connectivity index (χ4n) is 6.84. The second kappa shape index (κ2) is 10.7. The quantitative estimate of drug-likeness (QED) is 0.180. The fourth-order valence-corrected chi connectivity index (χ4v) is 7.90. The van der Waals surface area contributed by atoms with Crippen molar-refractivity contribution in [1.29, 1.82) is 0 Å². The first-order chi connectivity index (χ1) is 23.8. The monoisotopic (exact) mass is 634 g/mol. The lowest BCUT2D eigenvalue weighted by atomic mass is 10.0. The molecule has 2 aliphatic heterocycles. The van der Waals surface area contributed by atoms with E-state index in [4.69, 9.17) is 14.7 Å². The van der Waals surface area contributed by atoms with Gasteiger partial charge in [0.1, 0.15) is 0 Å². The molecule has 3 heterocycles. The molecule has 48 heavy (non-hydrogen) atoms. The molecule has 0 atom stereocenters. The van der Waals surface area contributed by atoms with Crippen LogP contribution in [0.2, 0.25) is 0 Å². The van der Waals surface area contributed by atoms with Gasteiger partial charge in [-0.3, -0.25) is 4.90 Å². The molecular formula is C42H26N4OS. The van der Waals surface area contributed by atoms with Gasteiger partial charge in [-0.15, -0.1) is 0 Å². The minimum absolute atomic E-state index is 0.594. The number of anilines is 6. The molecule has 2 aliphatic rings. The predicted octanol–water partition coefficient (Wildman–Crippen LogP) is 12.0. The van der Waals surface area contributed by atoms with Gasteiger partial charge in [0.2, 0.25) is 5.95 Å². The van der Waals surface area contributed by atoms with Crippen molar-refractivity contribution in [2.45, 2.75) is 9.79 Å². The number of fused-ring (bicyclic) bond motifs is 7. The Bertz CT molecular complexity index is 2460. The molecule has 0 saturated heterocycles. The smallest absolute Gasteiger partial charge is 0.236 e. The first-order valence-electron chi connectivity index (χ1n) is 15.9. The van der Waals surface area contributed by atoms with Crippen LogP contribution in [0.1, 0.15) is 0 Å². The van der Waals surface area contributed by atoms with E-state index in [2.05, 4.69) is 131 Å². The average Bonchev–Trinajstić information content (AvgIpc) is 3.15. The molecule has 0 radical (unpaired) electrons. The van der Waals surface area contributed by atoms with E-state index in [1.807, 2.05) is 48.2 Å². The molecule has 0 N–H and O–H groups in total. The maximum Gasteiger partial charge on any atom is 0.236 e. The molecular weight excluding hydrogens is 609 g/mol. The average molecular weight is 635 g/mol. The highest BCUT2D eigenvalue weighted by molar-refractivity contribution is 7.99. The van der Waals surface area contributed by atoms with E-state index in [1.54, 1.807) is 0 Å². The van der Waals surface area contributed by atoms with Crippen molar-refractivity contribution in [2.24, 2.45) is 0 Å². The molecule has 0 fully saturated rings. The maximum absolute atomic E-state index is 6.32. The molecule has 0 amide bonds. The van der Waals surface area contributed by atoms with Gasteiger partial charge in [-0.2, -0.15) is 0 Å². The molecule has 226 valence electrons. The summed E-state index contributed by atoms with van der Waals surface area (Å²) in [6.07, 6.45) is 0. The van der Waals surface area contributed by atoms with Crippen molar-refractivity contribution in [1.82, 2.24) is 9.97 Å². The van der Waals surface area contributed by atoms with Gasteiger partial charge in [0.05, 0.1) is 34.0 Å². The van der Waals surface area contributed by atoms with Crippen molar-refractivity contribution >= 4 is 67.8 Å². The molecule has 0 unspecified atom stereocenters. The van der Waals surface area contributed by atoms with Gasteiger partial charge >= 0.3 is 0 Å². The Hall–Kier alpha value is -6.11. The third-order valence-electron chi connectivity index (χ3n) is 9.04. The summed E-state index contributed by atoms with van der Waals surface area (Å²) >= 11 is 1.82. The minimum atomic E-state index is 0.594. The van der Waals surface area contributed by atoms with E-state index >= 15 is 0 Å². The van der Waals surface area contributed by atoms with Crippen LogP contribution in [0.15, 0.2) is 168 Å². The van der Waals surface area contributed by atoms with Gasteiger partial charge in [-0.25, -0.2) is 9.97 Å². The van der Waals surface area contributed by atoms with E-state index in [0.29, 0.717) is 5.95 Å². The number of benzene rings is 7. The molecule has 0 bridgehead atoms. The number of rotatable bonds is 3. The van der Waals surface area contributed by atoms with E-state index in [-0.39, 0.29) is 0 Å². The minimum Gasteiger partial charge on any atom is -0.453 e. The van der Waals surface area contributed by atoms with Gasteiger partial charge < -0.3 is 9.64 Å². The summed E-state index contributed by atoms with van der Waals surface area (Å²) in [5, 5.41) is 3.23. The van der Waals surface area contributed by atoms with Crippen molar-refractivity contribution in [3.63, 3.8) is 0 Å². The molecule has 6 heteroatoms. The Morgan fingerprint density at radius 1 is 0.458 bits per heavy atom. The predicted molar refractivity (Wildman–Crippen MR) is 196 cm³/mol. The zero-order valence-electron chi connectivity index (χ0n) is 25.6. The summed E-state index contributed by atoms with van der Waals surface area (Å²) in [6, 6.07) is 54.8. The van der Waals surface area contributed by atoms with Crippen LogP contribution in [0.3, 0.4) is 0 Å². The maximum atomic E-state index is 6.32. The highest BCUT2D eigenvalue weighted by Gasteiger charge is 2.29. The van der Waals surface area contributed by atoms with Gasteiger partial charge in [0.15, 0.2) is 11.5 Å². The molecule has 5 nitrogen and oxygen atoms in total. The highest BCUT2D eigenvalue weighted by atomic mass is 32.2. The molecule has 0 saturated carbocycles. The molecule has 0 spiro atoms. The number of ether oxygens (including phenoxy) is 1. The summed E-state index contributed by atoms with van der Waals surface area (Å²) in [4.78, 5) is 17.6. The Morgan fingerprint density at radius 2 is 1.04 bits per heavy atom. The van der Waals surface area contributed by atoms with Crippen molar-refractivity contribution in [2.75, 3.05) is 9.80 Å². The van der Waals surface area contributed by atoms with Gasteiger partial charge in [-0.1, -0.05) is 103 Å². The van der Waals surface area contributed by atoms with Crippen LogP contribution < -0.4 is 14.5 Å². The largest absolute Gasteiger partial charge is 0.453 e. The van der Waals surface area contributed by atoms with E-state index in [0.717, 1.165) is 61.5 Å². The van der Waals surface area contributed by atoms with Crippen LogP contribution in [0.5, 0.6) is 11.5 Å². The lowest BCUT2D eigenvalue weighted by molar-refractivity contribution is 0.476.